The Morgan fingerprint density at radius 1 is 0.667 bits per heavy atom. The van der Waals surface area contributed by atoms with E-state index in [1.54, 1.807) is 6.08 Å². The Kier molecular flexibility index (Phi) is 16.5. The minimum absolute atomic E-state index is 0.343. The second kappa shape index (κ2) is 17.2. The molecule has 3 nitrogen and oxygen atoms in total. The van der Waals surface area contributed by atoms with Gasteiger partial charge in [-0.05, 0) is 19.3 Å². The lowest BCUT2D eigenvalue weighted by atomic mass is 10.0. The topological polar surface area (TPSA) is 57.5 Å². The fourth-order valence-electron chi connectivity index (χ4n) is 2.50. The molecule has 0 heterocycles. The van der Waals surface area contributed by atoms with Crippen molar-refractivity contribution in [1.29, 1.82) is 0 Å². The van der Waals surface area contributed by atoms with Crippen LogP contribution in [0.5, 0.6) is 0 Å². The summed E-state index contributed by atoms with van der Waals surface area (Å²) in [6.07, 6.45) is 20.3. The summed E-state index contributed by atoms with van der Waals surface area (Å²) in [6, 6.07) is 0. The standard InChI is InChI=1S/C18H34O3/c19-17-15-13-11-9-7-5-3-1-2-4-6-8-10-12-14-16-18(20)21/h14,16,19H,1-13,15,17H2,(H,20,21)/b16-14+. The van der Waals surface area contributed by atoms with Gasteiger partial charge in [0.2, 0.25) is 0 Å². The Labute approximate surface area is 130 Å². The maximum Gasteiger partial charge on any atom is 0.327 e. The Hall–Kier alpha value is -0.830. The van der Waals surface area contributed by atoms with E-state index in [0.29, 0.717) is 6.61 Å². The van der Waals surface area contributed by atoms with Crippen LogP contribution in [0, 0.1) is 0 Å². The molecule has 0 unspecified atom stereocenters. The molecule has 0 aliphatic carbocycles. The third-order valence-electron chi connectivity index (χ3n) is 3.79. The molecular weight excluding hydrogens is 264 g/mol. The molecule has 0 aromatic carbocycles. The van der Waals surface area contributed by atoms with Gasteiger partial charge in [-0.1, -0.05) is 76.7 Å². The molecule has 124 valence electrons. The van der Waals surface area contributed by atoms with E-state index in [9.17, 15) is 4.79 Å². The molecule has 21 heavy (non-hydrogen) atoms. The van der Waals surface area contributed by atoms with Crippen LogP contribution in [0.2, 0.25) is 0 Å². The summed E-state index contributed by atoms with van der Waals surface area (Å²) in [5.74, 6) is -0.844. The maximum absolute atomic E-state index is 10.3. The molecule has 0 saturated carbocycles. The molecular formula is C18H34O3. The molecule has 0 aliphatic heterocycles. The van der Waals surface area contributed by atoms with Gasteiger partial charge in [0.15, 0.2) is 0 Å². The minimum Gasteiger partial charge on any atom is -0.478 e. The first-order valence-electron chi connectivity index (χ1n) is 8.77. The number of rotatable bonds is 16. The van der Waals surface area contributed by atoms with E-state index < -0.39 is 5.97 Å². The third kappa shape index (κ3) is 19.2. The van der Waals surface area contributed by atoms with Crippen molar-refractivity contribution in [3.63, 3.8) is 0 Å². The van der Waals surface area contributed by atoms with E-state index in [2.05, 4.69) is 0 Å². The van der Waals surface area contributed by atoms with Gasteiger partial charge in [-0.15, -0.1) is 0 Å². The van der Waals surface area contributed by atoms with Gasteiger partial charge in [0.05, 0.1) is 0 Å². The zero-order valence-electron chi connectivity index (χ0n) is 13.6. The van der Waals surface area contributed by atoms with E-state index in [-0.39, 0.29) is 0 Å². The average molecular weight is 298 g/mol. The first-order valence-corrected chi connectivity index (χ1v) is 8.77. The Morgan fingerprint density at radius 3 is 1.43 bits per heavy atom. The monoisotopic (exact) mass is 298 g/mol. The maximum atomic E-state index is 10.3. The van der Waals surface area contributed by atoms with Crippen LogP contribution in [0.3, 0.4) is 0 Å². The van der Waals surface area contributed by atoms with Crippen molar-refractivity contribution in [2.45, 2.75) is 89.9 Å². The molecule has 0 bridgehead atoms. The molecule has 0 amide bonds. The van der Waals surface area contributed by atoms with Crippen molar-refractivity contribution < 1.29 is 15.0 Å². The van der Waals surface area contributed by atoms with Crippen molar-refractivity contribution in [3.8, 4) is 0 Å². The number of aliphatic hydroxyl groups is 1. The molecule has 3 heteroatoms. The number of aliphatic hydroxyl groups excluding tert-OH is 1. The van der Waals surface area contributed by atoms with Crippen LogP contribution in [-0.4, -0.2) is 22.8 Å². The molecule has 0 aliphatic rings. The normalized spacial score (nSPS) is 11.3. The van der Waals surface area contributed by atoms with Crippen LogP contribution >= 0.6 is 0 Å². The smallest absolute Gasteiger partial charge is 0.327 e. The molecule has 0 atom stereocenters. The Bertz CT molecular complexity index is 249. The summed E-state index contributed by atoms with van der Waals surface area (Å²) >= 11 is 0. The van der Waals surface area contributed by atoms with Crippen molar-refractivity contribution in [1.82, 2.24) is 0 Å². The summed E-state index contributed by atoms with van der Waals surface area (Å²) in [4.78, 5) is 10.3. The minimum atomic E-state index is -0.844. The summed E-state index contributed by atoms with van der Waals surface area (Å²) in [5, 5.41) is 17.1. The van der Waals surface area contributed by atoms with Crippen LogP contribution < -0.4 is 0 Å². The fourth-order valence-corrected chi connectivity index (χ4v) is 2.50. The number of aliphatic carboxylic acids is 1. The molecule has 0 rings (SSSR count). The first kappa shape index (κ1) is 20.2. The van der Waals surface area contributed by atoms with Crippen molar-refractivity contribution >= 4 is 5.97 Å². The largest absolute Gasteiger partial charge is 0.478 e. The molecule has 0 saturated heterocycles. The first-order chi connectivity index (χ1) is 10.3. The van der Waals surface area contributed by atoms with Gasteiger partial charge in [0, 0.05) is 12.7 Å². The second-order valence-corrected chi connectivity index (χ2v) is 5.85. The highest BCUT2D eigenvalue weighted by Gasteiger charge is 1.94. The van der Waals surface area contributed by atoms with Crippen LogP contribution in [0.15, 0.2) is 12.2 Å². The summed E-state index contributed by atoms with van der Waals surface area (Å²) in [6.45, 7) is 0.343. The quantitative estimate of drug-likeness (QED) is 0.308. The number of hydrogen-bond donors (Lipinski definition) is 2. The van der Waals surface area contributed by atoms with E-state index in [1.165, 1.54) is 76.7 Å². The average Bonchev–Trinajstić information content (AvgIpc) is 2.46. The van der Waals surface area contributed by atoms with Gasteiger partial charge < -0.3 is 10.2 Å². The highest BCUT2D eigenvalue weighted by molar-refractivity contribution is 5.79. The van der Waals surface area contributed by atoms with Gasteiger partial charge in [-0.25, -0.2) is 4.79 Å². The number of unbranched alkanes of at least 4 members (excludes halogenated alkanes) is 13. The van der Waals surface area contributed by atoms with Gasteiger partial charge in [0.25, 0.3) is 0 Å². The SMILES string of the molecule is O=C(O)/C=C/CCCCCCCCCCCCCCCO. The van der Waals surface area contributed by atoms with Gasteiger partial charge in [-0.3, -0.25) is 0 Å². The number of allylic oxidation sites excluding steroid dienone is 1. The van der Waals surface area contributed by atoms with Crippen molar-refractivity contribution in [3.05, 3.63) is 12.2 Å². The molecule has 2 N–H and O–H groups in total. The summed E-state index contributed by atoms with van der Waals surface area (Å²) < 4.78 is 0. The summed E-state index contributed by atoms with van der Waals surface area (Å²) in [5.41, 5.74) is 0. The van der Waals surface area contributed by atoms with Gasteiger partial charge >= 0.3 is 5.97 Å². The van der Waals surface area contributed by atoms with Crippen LogP contribution in [0.25, 0.3) is 0 Å². The lowest BCUT2D eigenvalue weighted by Gasteiger charge is -2.02. The Morgan fingerprint density at radius 2 is 1.05 bits per heavy atom. The molecule has 0 radical (unpaired) electrons. The van der Waals surface area contributed by atoms with Gasteiger partial charge in [0.1, 0.15) is 0 Å². The van der Waals surface area contributed by atoms with Crippen LogP contribution in [0.4, 0.5) is 0 Å². The highest BCUT2D eigenvalue weighted by Crippen LogP contribution is 2.12. The zero-order chi connectivity index (χ0) is 15.6. The number of carboxylic acids is 1. The third-order valence-corrected chi connectivity index (χ3v) is 3.79. The molecule has 0 fully saturated rings. The second-order valence-electron chi connectivity index (χ2n) is 5.85. The number of hydrogen-bond acceptors (Lipinski definition) is 2. The molecule has 0 spiro atoms. The van der Waals surface area contributed by atoms with Crippen molar-refractivity contribution in [2.24, 2.45) is 0 Å². The predicted octanol–water partition coefficient (Wildman–Crippen LogP) is 5.08. The van der Waals surface area contributed by atoms with Crippen LogP contribution in [-0.2, 0) is 4.79 Å². The zero-order valence-corrected chi connectivity index (χ0v) is 13.6. The number of carbonyl (C=O) groups is 1. The lowest BCUT2D eigenvalue weighted by Crippen LogP contribution is -1.86. The number of carboxylic acid groups (broad SMARTS) is 1. The highest BCUT2D eigenvalue weighted by atomic mass is 16.4. The molecule has 0 aromatic rings. The van der Waals surface area contributed by atoms with Gasteiger partial charge in [-0.2, -0.15) is 0 Å². The fraction of sp³-hybridized carbons (Fsp3) is 0.833. The molecule has 0 aromatic heterocycles. The van der Waals surface area contributed by atoms with E-state index in [1.807, 2.05) is 0 Å². The Balaban J connectivity index is 3.01. The lowest BCUT2D eigenvalue weighted by molar-refractivity contribution is -0.131. The van der Waals surface area contributed by atoms with E-state index in [0.717, 1.165) is 19.3 Å². The summed E-state index contributed by atoms with van der Waals surface area (Å²) in [7, 11) is 0. The van der Waals surface area contributed by atoms with Crippen LogP contribution in [0.1, 0.15) is 89.9 Å². The van der Waals surface area contributed by atoms with E-state index in [4.69, 9.17) is 10.2 Å². The van der Waals surface area contributed by atoms with Crippen molar-refractivity contribution in [2.75, 3.05) is 6.61 Å². The van der Waals surface area contributed by atoms with E-state index >= 15 is 0 Å². The predicted molar refractivity (Wildman–Crippen MR) is 88.5 cm³/mol.